The Labute approximate surface area is 153 Å². The number of H-pyrrole nitrogens is 1. The predicted octanol–water partition coefficient (Wildman–Crippen LogP) is 5.10. The molecule has 3 aromatic rings. The number of aromatic nitrogens is 3. The molecule has 0 amide bonds. The normalized spacial score (nSPS) is 12.0. The van der Waals surface area contributed by atoms with Crippen LogP contribution in [0.1, 0.15) is 37.5 Å². The standard InChI is InChI=1S/C20H22N4S/c1-14-5-9-16(10-6-14)18-22-23-19(25)24(18)21-13-15-7-11-17(12-8-15)20(2,3)4/h5-13H,1-4H3,(H,23,25)/b21-13-. The molecule has 0 radical (unpaired) electrons. The van der Waals surface area contributed by atoms with Crippen molar-refractivity contribution in [2.45, 2.75) is 33.1 Å². The van der Waals surface area contributed by atoms with Crippen molar-refractivity contribution in [2.24, 2.45) is 5.10 Å². The molecule has 0 bridgehead atoms. The summed E-state index contributed by atoms with van der Waals surface area (Å²) in [6.45, 7) is 8.67. The van der Waals surface area contributed by atoms with Crippen molar-refractivity contribution in [2.75, 3.05) is 0 Å². The van der Waals surface area contributed by atoms with Crippen LogP contribution in [-0.4, -0.2) is 21.1 Å². The number of aryl methyl sites for hydroxylation is 1. The first kappa shape index (κ1) is 17.3. The molecule has 1 aromatic heterocycles. The zero-order valence-electron chi connectivity index (χ0n) is 14.9. The molecule has 0 atom stereocenters. The van der Waals surface area contributed by atoms with Gasteiger partial charge in [0.2, 0.25) is 4.77 Å². The highest BCUT2D eigenvalue weighted by atomic mass is 32.1. The number of nitrogens with zero attached hydrogens (tertiary/aromatic N) is 3. The Balaban J connectivity index is 1.90. The smallest absolute Gasteiger partial charge is 0.216 e. The minimum Gasteiger partial charge on any atom is -0.250 e. The van der Waals surface area contributed by atoms with Gasteiger partial charge in [0.25, 0.3) is 0 Å². The van der Waals surface area contributed by atoms with Crippen LogP contribution in [-0.2, 0) is 5.41 Å². The second kappa shape index (κ2) is 6.76. The molecule has 0 aliphatic heterocycles. The number of hydrogen-bond donors (Lipinski definition) is 1. The van der Waals surface area contributed by atoms with Crippen LogP contribution in [0.4, 0.5) is 0 Å². The summed E-state index contributed by atoms with van der Waals surface area (Å²) < 4.78 is 2.12. The average Bonchev–Trinajstić information content (AvgIpc) is 2.94. The van der Waals surface area contributed by atoms with E-state index in [9.17, 15) is 0 Å². The van der Waals surface area contributed by atoms with Crippen molar-refractivity contribution in [3.05, 3.63) is 70.0 Å². The van der Waals surface area contributed by atoms with Gasteiger partial charge in [-0.3, -0.25) is 0 Å². The first-order chi connectivity index (χ1) is 11.8. The van der Waals surface area contributed by atoms with Gasteiger partial charge in [0.1, 0.15) is 0 Å². The highest BCUT2D eigenvalue weighted by Gasteiger charge is 2.12. The van der Waals surface area contributed by atoms with Gasteiger partial charge in [-0.05, 0) is 35.7 Å². The Morgan fingerprint density at radius 3 is 2.28 bits per heavy atom. The minimum absolute atomic E-state index is 0.140. The van der Waals surface area contributed by atoms with Gasteiger partial charge in [0, 0.05) is 5.56 Å². The van der Waals surface area contributed by atoms with E-state index in [1.165, 1.54) is 11.1 Å². The number of benzene rings is 2. The van der Waals surface area contributed by atoms with E-state index >= 15 is 0 Å². The van der Waals surface area contributed by atoms with Gasteiger partial charge in [-0.25, -0.2) is 5.10 Å². The molecule has 128 valence electrons. The molecule has 0 unspecified atom stereocenters. The average molecular weight is 350 g/mol. The Morgan fingerprint density at radius 1 is 1.04 bits per heavy atom. The van der Waals surface area contributed by atoms with Crippen LogP contribution >= 0.6 is 12.2 Å². The van der Waals surface area contributed by atoms with E-state index in [1.807, 2.05) is 24.3 Å². The maximum atomic E-state index is 5.31. The summed E-state index contributed by atoms with van der Waals surface area (Å²) in [4.78, 5) is 0. The van der Waals surface area contributed by atoms with Gasteiger partial charge in [-0.1, -0.05) is 74.9 Å². The monoisotopic (exact) mass is 350 g/mol. The Hall–Kier alpha value is -2.53. The highest BCUT2D eigenvalue weighted by molar-refractivity contribution is 7.71. The van der Waals surface area contributed by atoms with E-state index in [0.717, 1.165) is 11.1 Å². The summed E-state index contributed by atoms with van der Waals surface area (Å²) in [6.07, 6.45) is 1.80. The minimum atomic E-state index is 0.140. The van der Waals surface area contributed by atoms with Gasteiger partial charge in [-0.15, -0.1) is 0 Å². The SMILES string of the molecule is Cc1ccc(-c2n[nH]c(=S)n2/N=C\c2ccc(C(C)(C)C)cc2)cc1. The molecule has 2 aromatic carbocycles. The highest BCUT2D eigenvalue weighted by Crippen LogP contribution is 2.22. The fraction of sp³-hybridized carbons (Fsp3) is 0.250. The van der Waals surface area contributed by atoms with Crippen molar-refractivity contribution in [1.29, 1.82) is 0 Å². The van der Waals surface area contributed by atoms with Crippen molar-refractivity contribution in [1.82, 2.24) is 14.9 Å². The van der Waals surface area contributed by atoms with Crippen molar-refractivity contribution >= 4 is 18.4 Å². The zero-order valence-corrected chi connectivity index (χ0v) is 15.8. The van der Waals surface area contributed by atoms with Gasteiger partial charge < -0.3 is 0 Å². The summed E-state index contributed by atoms with van der Waals surface area (Å²) in [5.41, 5.74) is 4.63. The van der Waals surface area contributed by atoms with Gasteiger partial charge in [0.05, 0.1) is 6.21 Å². The number of rotatable bonds is 3. The van der Waals surface area contributed by atoms with Crippen LogP contribution in [0.15, 0.2) is 53.6 Å². The third-order valence-corrected chi connectivity index (χ3v) is 4.32. The van der Waals surface area contributed by atoms with E-state index in [4.69, 9.17) is 12.2 Å². The van der Waals surface area contributed by atoms with Crippen molar-refractivity contribution in [3.63, 3.8) is 0 Å². The van der Waals surface area contributed by atoms with Crippen LogP contribution < -0.4 is 0 Å². The summed E-state index contributed by atoms with van der Waals surface area (Å²) in [6, 6.07) is 16.5. The molecule has 0 aliphatic carbocycles. The third-order valence-electron chi connectivity index (χ3n) is 4.06. The van der Waals surface area contributed by atoms with Crippen molar-refractivity contribution < 1.29 is 0 Å². The quantitative estimate of drug-likeness (QED) is 0.528. The van der Waals surface area contributed by atoms with Crippen LogP contribution in [0.25, 0.3) is 11.4 Å². The molecule has 25 heavy (non-hydrogen) atoms. The molecule has 1 heterocycles. The number of aromatic amines is 1. The molecule has 0 saturated heterocycles. The van der Waals surface area contributed by atoms with Crippen LogP contribution in [0, 0.1) is 11.7 Å². The topological polar surface area (TPSA) is 46.0 Å². The van der Waals surface area contributed by atoms with Crippen molar-refractivity contribution in [3.8, 4) is 11.4 Å². The largest absolute Gasteiger partial charge is 0.250 e. The lowest BCUT2D eigenvalue weighted by atomic mass is 9.87. The molecule has 3 rings (SSSR count). The fourth-order valence-electron chi connectivity index (χ4n) is 2.48. The second-order valence-corrected chi connectivity index (χ2v) is 7.53. The maximum Gasteiger partial charge on any atom is 0.216 e. The molecule has 0 saturated carbocycles. The summed E-state index contributed by atoms with van der Waals surface area (Å²) in [5, 5.41) is 11.6. The van der Waals surface area contributed by atoms with E-state index in [2.05, 4.69) is 67.3 Å². The Kier molecular flexibility index (Phi) is 4.68. The Morgan fingerprint density at radius 2 is 1.68 bits per heavy atom. The molecule has 0 spiro atoms. The maximum absolute atomic E-state index is 5.31. The van der Waals surface area contributed by atoms with Gasteiger partial charge >= 0.3 is 0 Å². The molecule has 0 aliphatic rings. The van der Waals surface area contributed by atoms with Gasteiger partial charge in [-0.2, -0.15) is 14.9 Å². The molecule has 4 nitrogen and oxygen atoms in total. The lowest BCUT2D eigenvalue weighted by Gasteiger charge is -2.18. The molecule has 0 fully saturated rings. The summed E-state index contributed by atoms with van der Waals surface area (Å²) >= 11 is 5.31. The zero-order chi connectivity index (χ0) is 18.0. The molecule has 5 heteroatoms. The second-order valence-electron chi connectivity index (χ2n) is 7.15. The first-order valence-corrected chi connectivity index (χ1v) is 8.65. The van der Waals surface area contributed by atoms with E-state index in [0.29, 0.717) is 10.6 Å². The van der Waals surface area contributed by atoms with E-state index in [1.54, 1.807) is 10.9 Å². The van der Waals surface area contributed by atoms with Crippen LogP contribution in [0.2, 0.25) is 0 Å². The molecule has 1 N–H and O–H groups in total. The number of hydrogen-bond acceptors (Lipinski definition) is 3. The molecular formula is C20H22N4S. The van der Waals surface area contributed by atoms with E-state index < -0.39 is 0 Å². The lowest BCUT2D eigenvalue weighted by Crippen LogP contribution is -2.10. The predicted molar refractivity (Wildman–Crippen MR) is 106 cm³/mol. The lowest BCUT2D eigenvalue weighted by molar-refractivity contribution is 0.590. The summed E-state index contributed by atoms with van der Waals surface area (Å²) in [7, 11) is 0. The Bertz CT molecular complexity index is 939. The van der Waals surface area contributed by atoms with Gasteiger partial charge in [0.15, 0.2) is 5.82 Å². The number of nitrogens with one attached hydrogen (secondary N) is 1. The molecular weight excluding hydrogens is 328 g/mol. The first-order valence-electron chi connectivity index (χ1n) is 8.24. The van der Waals surface area contributed by atoms with Crippen LogP contribution in [0.5, 0.6) is 0 Å². The fourth-order valence-corrected chi connectivity index (χ4v) is 2.66. The third kappa shape index (κ3) is 3.94. The summed E-state index contributed by atoms with van der Waals surface area (Å²) in [5.74, 6) is 0.701. The van der Waals surface area contributed by atoms with E-state index in [-0.39, 0.29) is 5.41 Å². The van der Waals surface area contributed by atoms with Crippen LogP contribution in [0.3, 0.4) is 0 Å².